The summed E-state index contributed by atoms with van der Waals surface area (Å²) in [5.74, 6) is 1.35. The quantitative estimate of drug-likeness (QED) is 0.802. The number of nitrogens with two attached hydrogens (primary N) is 1. The predicted octanol–water partition coefficient (Wildman–Crippen LogP) is 2.62. The number of benzene rings is 1. The lowest BCUT2D eigenvalue weighted by Gasteiger charge is -2.27. The Hall–Kier alpha value is -2.60. The Labute approximate surface area is 136 Å². The van der Waals surface area contributed by atoms with Crippen molar-refractivity contribution in [3.05, 3.63) is 48.2 Å². The van der Waals surface area contributed by atoms with Crippen molar-refractivity contribution in [2.45, 2.75) is 13.0 Å². The number of rotatable bonds is 6. The number of hydrogen-bond donors (Lipinski definition) is 2. The van der Waals surface area contributed by atoms with E-state index in [0.717, 1.165) is 35.9 Å². The summed E-state index contributed by atoms with van der Waals surface area (Å²) >= 11 is 0. The van der Waals surface area contributed by atoms with Gasteiger partial charge in [-0.15, -0.1) is 0 Å². The van der Waals surface area contributed by atoms with Crippen LogP contribution >= 0.6 is 0 Å². The Kier molecular flexibility index (Phi) is 4.73. The van der Waals surface area contributed by atoms with Crippen LogP contribution in [-0.4, -0.2) is 36.1 Å². The first-order valence-corrected chi connectivity index (χ1v) is 7.66. The lowest BCUT2D eigenvalue weighted by molar-refractivity contribution is 0.185. The van der Waals surface area contributed by atoms with Gasteiger partial charge in [0.25, 0.3) is 0 Å². The van der Waals surface area contributed by atoms with Crippen molar-refractivity contribution in [1.82, 2.24) is 9.88 Å². The molecular formula is C17H21N5O. The maximum absolute atomic E-state index is 6.03. The average molecular weight is 311 g/mol. The van der Waals surface area contributed by atoms with Crippen LogP contribution in [0.1, 0.15) is 12.1 Å². The molecule has 1 aliphatic heterocycles. The molecule has 1 aromatic carbocycles. The van der Waals surface area contributed by atoms with E-state index in [9.17, 15) is 0 Å². The van der Waals surface area contributed by atoms with Gasteiger partial charge in [-0.05, 0) is 30.7 Å². The van der Waals surface area contributed by atoms with Crippen LogP contribution in [0.3, 0.4) is 0 Å². The zero-order valence-electron chi connectivity index (χ0n) is 13.2. The molecule has 23 heavy (non-hydrogen) atoms. The molecule has 3 rings (SSSR count). The molecule has 0 atom stereocenters. The summed E-state index contributed by atoms with van der Waals surface area (Å²) in [6.45, 7) is 2.18. The molecule has 0 radical (unpaired) electrons. The number of guanidine groups is 1. The number of para-hydroxylation sites is 1. The highest BCUT2D eigenvalue weighted by molar-refractivity contribution is 5.83. The summed E-state index contributed by atoms with van der Waals surface area (Å²) in [5, 5.41) is 3.30. The van der Waals surface area contributed by atoms with Crippen molar-refractivity contribution in [2.75, 3.05) is 25.6 Å². The Morgan fingerprint density at radius 3 is 2.83 bits per heavy atom. The topological polar surface area (TPSA) is 75.8 Å². The molecular weight excluding hydrogens is 290 g/mol. The third-order valence-electron chi connectivity index (χ3n) is 3.67. The molecule has 0 saturated heterocycles. The minimum Gasteiger partial charge on any atom is -0.385 e. The first-order chi connectivity index (χ1) is 11.3. The Balaban J connectivity index is 1.74. The fourth-order valence-corrected chi connectivity index (χ4v) is 2.50. The summed E-state index contributed by atoms with van der Waals surface area (Å²) in [6, 6.07) is 13.9. The van der Waals surface area contributed by atoms with E-state index in [1.54, 1.807) is 7.11 Å². The fraction of sp³-hybridized carbons (Fsp3) is 0.294. The van der Waals surface area contributed by atoms with E-state index in [4.69, 9.17) is 10.5 Å². The van der Waals surface area contributed by atoms with Gasteiger partial charge in [-0.2, -0.15) is 0 Å². The van der Waals surface area contributed by atoms with Crippen molar-refractivity contribution in [3.8, 4) is 0 Å². The van der Waals surface area contributed by atoms with E-state index >= 15 is 0 Å². The molecule has 6 heteroatoms. The number of methoxy groups -OCH3 is 1. The Bertz CT molecular complexity index is 687. The van der Waals surface area contributed by atoms with Crippen LogP contribution in [-0.2, 0) is 11.3 Å². The normalized spacial score (nSPS) is 13.4. The molecule has 0 bridgehead atoms. The standard InChI is InChI=1S/C17H21N5O/c1-23-11-5-10-22-12-15-14(21-17(22)18)8-9-16(20-15)19-13-6-3-2-4-7-13/h2-4,6-9H,5,10-12H2,1H3,(H2,18,21)(H,19,20). The fourth-order valence-electron chi connectivity index (χ4n) is 2.50. The van der Waals surface area contributed by atoms with Crippen molar-refractivity contribution < 1.29 is 4.74 Å². The zero-order chi connectivity index (χ0) is 16.1. The first-order valence-electron chi connectivity index (χ1n) is 7.66. The van der Waals surface area contributed by atoms with Crippen LogP contribution in [0.5, 0.6) is 0 Å². The first kappa shape index (κ1) is 15.3. The predicted molar refractivity (Wildman–Crippen MR) is 92.1 cm³/mol. The van der Waals surface area contributed by atoms with E-state index in [1.807, 2.05) is 47.4 Å². The summed E-state index contributed by atoms with van der Waals surface area (Å²) < 4.78 is 5.09. The van der Waals surface area contributed by atoms with Crippen molar-refractivity contribution in [1.29, 1.82) is 0 Å². The number of nitrogens with one attached hydrogen (secondary N) is 1. The van der Waals surface area contributed by atoms with E-state index < -0.39 is 0 Å². The van der Waals surface area contributed by atoms with Gasteiger partial charge >= 0.3 is 0 Å². The highest BCUT2D eigenvalue weighted by Gasteiger charge is 2.18. The number of aromatic nitrogens is 1. The van der Waals surface area contributed by atoms with Gasteiger partial charge in [0, 0.05) is 25.9 Å². The molecule has 0 aliphatic carbocycles. The van der Waals surface area contributed by atoms with Gasteiger partial charge in [-0.3, -0.25) is 0 Å². The maximum Gasteiger partial charge on any atom is 0.196 e. The van der Waals surface area contributed by atoms with Gasteiger partial charge in [-0.25, -0.2) is 9.98 Å². The summed E-state index contributed by atoms with van der Waals surface area (Å²) in [7, 11) is 1.70. The molecule has 6 nitrogen and oxygen atoms in total. The third-order valence-corrected chi connectivity index (χ3v) is 3.67. The number of ether oxygens (including phenoxy) is 1. The largest absolute Gasteiger partial charge is 0.385 e. The molecule has 0 saturated carbocycles. The second kappa shape index (κ2) is 7.11. The van der Waals surface area contributed by atoms with Crippen LogP contribution in [0.25, 0.3) is 0 Å². The molecule has 1 aromatic heterocycles. The average Bonchev–Trinajstić information content (AvgIpc) is 2.57. The monoisotopic (exact) mass is 311 g/mol. The van der Waals surface area contributed by atoms with E-state index in [1.165, 1.54) is 0 Å². The van der Waals surface area contributed by atoms with Crippen LogP contribution in [0.15, 0.2) is 47.5 Å². The minimum atomic E-state index is 0.541. The Morgan fingerprint density at radius 1 is 1.22 bits per heavy atom. The smallest absolute Gasteiger partial charge is 0.196 e. The molecule has 0 spiro atoms. The molecule has 2 heterocycles. The number of nitrogens with zero attached hydrogens (tertiary/aromatic N) is 3. The Morgan fingerprint density at radius 2 is 2.04 bits per heavy atom. The van der Waals surface area contributed by atoms with Crippen molar-refractivity contribution in [3.63, 3.8) is 0 Å². The van der Waals surface area contributed by atoms with Gasteiger partial charge < -0.3 is 20.7 Å². The van der Waals surface area contributed by atoms with Crippen molar-refractivity contribution in [2.24, 2.45) is 10.7 Å². The van der Waals surface area contributed by atoms with Gasteiger partial charge in [0.15, 0.2) is 5.96 Å². The minimum absolute atomic E-state index is 0.541. The second-order valence-electron chi connectivity index (χ2n) is 5.39. The van der Waals surface area contributed by atoms with Crippen LogP contribution in [0, 0.1) is 0 Å². The molecule has 120 valence electrons. The van der Waals surface area contributed by atoms with Crippen LogP contribution < -0.4 is 11.1 Å². The van der Waals surface area contributed by atoms with E-state index in [-0.39, 0.29) is 0 Å². The van der Waals surface area contributed by atoms with E-state index in [0.29, 0.717) is 19.1 Å². The van der Waals surface area contributed by atoms with Crippen LogP contribution in [0.4, 0.5) is 17.2 Å². The van der Waals surface area contributed by atoms with Crippen molar-refractivity contribution >= 4 is 23.2 Å². The SMILES string of the molecule is COCCCN1Cc2nc(Nc3ccccc3)ccc2N=C1N. The summed E-state index contributed by atoms with van der Waals surface area (Å²) in [6.07, 6.45) is 0.907. The van der Waals surface area contributed by atoms with Gasteiger partial charge in [0.05, 0.1) is 17.9 Å². The second-order valence-corrected chi connectivity index (χ2v) is 5.39. The summed E-state index contributed by atoms with van der Waals surface area (Å²) in [5.41, 5.74) is 8.80. The molecule has 0 unspecified atom stereocenters. The van der Waals surface area contributed by atoms with Crippen LogP contribution in [0.2, 0.25) is 0 Å². The number of aliphatic imine (C=N–C) groups is 1. The highest BCUT2D eigenvalue weighted by Crippen LogP contribution is 2.26. The number of pyridine rings is 1. The summed E-state index contributed by atoms with van der Waals surface area (Å²) in [4.78, 5) is 11.1. The molecule has 3 N–H and O–H groups in total. The lowest BCUT2D eigenvalue weighted by Crippen LogP contribution is -2.39. The number of fused-ring (bicyclic) bond motifs is 1. The molecule has 0 fully saturated rings. The third kappa shape index (κ3) is 3.78. The number of anilines is 2. The zero-order valence-corrected chi connectivity index (χ0v) is 13.2. The lowest BCUT2D eigenvalue weighted by atomic mass is 10.2. The molecule has 0 amide bonds. The highest BCUT2D eigenvalue weighted by atomic mass is 16.5. The van der Waals surface area contributed by atoms with Gasteiger partial charge in [-0.1, -0.05) is 18.2 Å². The maximum atomic E-state index is 6.03. The van der Waals surface area contributed by atoms with Gasteiger partial charge in [0.1, 0.15) is 5.82 Å². The molecule has 1 aliphatic rings. The van der Waals surface area contributed by atoms with Gasteiger partial charge in [0.2, 0.25) is 0 Å². The number of hydrogen-bond acceptors (Lipinski definition) is 6. The van der Waals surface area contributed by atoms with E-state index in [2.05, 4.69) is 15.3 Å². The molecule has 2 aromatic rings.